The Labute approximate surface area is 179 Å². The number of rotatable bonds is 5. The monoisotopic (exact) mass is 429 g/mol. The van der Waals surface area contributed by atoms with Gasteiger partial charge in [0.2, 0.25) is 0 Å². The summed E-state index contributed by atoms with van der Waals surface area (Å²) in [5.41, 5.74) is 4.13. The first-order valence-corrected chi connectivity index (χ1v) is 10.1. The lowest BCUT2D eigenvalue weighted by molar-refractivity contribution is -0.0339. The summed E-state index contributed by atoms with van der Waals surface area (Å²) in [6, 6.07) is 8.98. The molecule has 2 aromatic carbocycles. The zero-order chi connectivity index (χ0) is 21.8. The van der Waals surface area contributed by atoms with Crippen LogP contribution in [0.4, 0.5) is 0 Å². The van der Waals surface area contributed by atoms with Gasteiger partial charge in [0.15, 0.2) is 5.78 Å². The second-order valence-corrected chi connectivity index (χ2v) is 8.72. The molecular weight excluding hydrogens is 406 g/mol. The van der Waals surface area contributed by atoms with Crippen LogP contribution in [-0.4, -0.2) is 51.5 Å². The summed E-state index contributed by atoms with van der Waals surface area (Å²) in [6.45, 7) is 5.26. The van der Waals surface area contributed by atoms with Crippen LogP contribution in [0, 0.1) is 6.92 Å². The fourth-order valence-electron chi connectivity index (χ4n) is 4.04. The van der Waals surface area contributed by atoms with Crippen molar-refractivity contribution >= 4 is 28.3 Å². The van der Waals surface area contributed by atoms with Gasteiger partial charge in [-0.2, -0.15) is 0 Å². The summed E-state index contributed by atoms with van der Waals surface area (Å²) in [6.07, 6.45) is -2.49. The lowest BCUT2D eigenvalue weighted by Crippen LogP contribution is -2.34. The van der Waals surface area contributed by atoms with Gasteiger partial charge in [-0.15, -0.1) is 0 Å². The predicted octanol–water partition coefficient (Wildman–Crippen LogP) is 3.09. The van der Waals surface area contributed by atoms with Gasteiger partial charge in [-0.25, -0.2) is 0 Å². The number of aromatic amines is 1. The van der Waals surface area contributed by atoms with E-state index in [0.717, 1.165) is 27.7 Å². The Morgan fingerprint density at radius 3 is 2.60 bits per heavy atom. The Morgan fingerprint density at radius 2 is 1.90 bits per heavy atom. The van der Waals surface area contributed by atoms with Crippen molar-refractivity contribution < 1.29 is 24.9 Å². The molecule has 1 aromatic heterocycles. The van der Waals surface area contributed by atoms with Crippen LogP contribution in [0.25, 0.3) is 10.9 Å². The Morgan fingerprint density at radius 1 is 1.17 bits per heavy atom. The van der Waals surface area contributed by atoms with Crippen LogP contribution in [0.5, 0.6) is 5.75 Å². The maximum atomic E-state index is 13.4. The molecule has 1 aliphatic rings. The SMILES string of the molecule is Cc1cc2c3c([nH]c2cc1Cl)C(C)(C)c1cc(OC[C@@H](O)[C@H](O)CO)ccc1C3=O. The van der Waals surface area contributed by atoms with Gasteiger partial charge in [-0.1, -0.05) is 25.4 Å². The van der Waals surface area contributed by atoms with E-state index in [-0.39, 0.29) is 12.4 Å². The number of ether oxygens (including phenoxy) is 1. The highest BCUT2D eigenvalue weighted by Gasteiger charge is 2.40. The minimum absolute atomic E-state index is 0.0606. The highest BCUT2D eigenvalue weighted by molar-refractivity contribution is 6.32. The van der Waals surface area contributed by atoms with E-state index in [4.69, 9.17) is 21.4 Å². The Kier molecular flexibility index (Phi) is 5.14. The number of aryl methyl sites for hydroxylation is 1. The van der Waals surface area contributed by atoms with Gasteiger partial charge in [0.1, 0.15) is 24.6 Å². The number of carbonyl (C=O) groups excluding carboxylic acids is 1. The number of halogens is 1. The number of ketones is 1. The first-order valence-electron chi connectivity index (χ1n) is 9.76. The molecule has 1 aliphatic carbocycles. The number of fused-ring (bicyclic) bond motifs is 4. The van der Waals surface area contributed by atoms with Crippen LogP contribution >= 0.6 is 11.6 Å². The van der Waals surface area contributed by atoms with Gasteiger partial charge in [-0.3, -0.25) is 4.79 Å². The molecule has 0 fully saturated rings. The number of H-pyrrole nitrogens is 1. The fourth-order valence-corrected chi connectivity index (χ4v) is 4.20. The molecule has 4 rings (SSSR count). The molecule has 6 nitrogen and oxygen atoms in total. The predicted molar refractivity (Wildman–Crippen MR) is 115 cm³/mol. The second-order valence-electron chi connectivity index (χ2n) is 8.31. The number of aliphatic hydroxyl groups is 3. The van der Waals surface area contributed by atoms with Crippen LogP contribution in [0.15, 0.2) is 30.3 Å². The maximum absolute atomic E-state index is 13.4. The zero-order valence-corrected chi connectivity index (χ0v) is 17.7. The van der Waals surface area contributed by atoms with Crippen molar-refractivity contribution in [3.63, 3.8) is 0 Å². The van der Waals surface area contributed by atoms with Crippen molar-refractivity contribution in [2.45, 2.75) is 38.4 Å². The van der Waals surface area contributed by atoms with Crippen LogP contribution in [0.1, 0.15) is 46.6 Å². The molecule has 0 radical (unpaired) electrons. The minimum Gasteiger partial charge on any atom is -0.491 e. The number of aromatic nitrogens is 1. The van der Waals surface area contributed by atoms with E-state index < -0.39 is 24.2 Å². The molecule has 1 heterocycles. The molecule has 30 heavy (non-hydrogen) atoms. The highest BCUT2D eigenvalue weighted by atomic mass is 35.5. The Balaban J connectivity index is 1.76. The summed E-state index contributed by atoms with van der Waals surface area (Å²) in [5.74, 6) is 0.409. The molecule has 0 amide bonds. The van der Waals surface area contributed by atoms with Gasteiger partial charge in [-0.05, 0) is 48.4 Å². The van der Waals surface area contributed by atoms with E-state index >= 15 is 0 Å². The topological polar surface area (TPSA) is 103 Å². The Hall–Kier alpha value is -2.38. The quantitative estimate of drug-likeness (QED) is 0.499. The average molecular weight is 430 g/mol. The molecule has 2 atom stereocenters. The molecule has 158 valence electrons. The maximum Gasteiger partial charge on any atom is 0.195 e. The number of benzene rings is 2. The molecule has 0 bridgehead atoms. The fraction of sp³-hybridized carbons (Fsp3) is 0.348. The van der Waals surface area contributed by atoms with Crippen molar-refractivity contribution in [1.29, 1.82) is 0 Å². The number of aliphatic hydroxyl groups excluding tert-OH is 3. The van der Waals surface area contributed by atoms with Gasteiger partial charge in [0.25, 0.3) is 0 Å². The average Bonchev–Trinajstić information content (AvgIpc) is 3.09. The van der Waals surface area contributed by atoms with Crippen LogP contribution in [0.3, 0.4) is 0 Å². The molecular formula is C23H24ClNO5. The Bertz CT molecular complexity index is 1150. The standard InChI is InChI=1S/C23H24ClNO5/c1-11-6-14-17(8-16(11)24)25-22-20(14)21(29)13-5-4-12(7-15(13)23(22,2)3)30-10-19(28)18(27)9-26/h4-8,18-19,25-28H,9-10H2,1-3H3/t18-,19-/m1/s1. The van der Waals surface area contributed by atoms with E-state index in [2.05, 4.69) is 4.98 Å². The normalized spacial score (nSPS) is 16.8. The van der Waals surface area contributed by atoms with Crippen molar-refractivity contribution in [2.75, 3.05) is 13.2 Å². The number of hydrogen-bond acceptors (Lipinski definition) is 5. The van der Waals surface area contributed by atoms with Gasteiger partial charge in [0, 0.05) is 32.6 Å². The summed E-state index contributed by atoms with van der Waals surface area (Å²) < 4.78 is 5.60. The molecule has 0 unspecified atom stereocenters. The van der Waals surface area contributed by atoms with E-state index in [1.54, 1.807) is 18.2 Å². The molecule has 7 heteroatoms. The first kappa shape index (κ1) is 20.9. The zero-order valence-electron chi connectivity index (χ0n) is 17.0. The second kappa shape index (κ2) is 7.39. The van der Waals surface area contributed by atoms with Gasteiger partial charge in [0.05, 0.1) is 12.2 Å². The number of hydrogen-bond donors (Lipinski definition) is 4. The van der Waals surface area contributed by atoms with Gasteiger partial charge < -0.3 is 25.0 Å². The first-order chi connectivity index (χ1) is 14.1. The summed E-state index contributed by atoms with van der Waals surface area (Å²) in [7, 11) is 0. The third-order valence-corrected chi connectivity index (χ3v) is 6.30. The van der Waals surface area contributed by atoms with Crippen molar-refractivity contribution in [3.05, 3.63) is 63.3 Å². The molecule has 4 N–H and O–H groups in total. The summed E-state index contributed by atoms with van der Waals surface area (Å²) >= 11 is 6.29. The van der Waals surface area contributed by atoms with Crippen LogP contribution in [-0.2, 0) is 5.41 Å². The van der Waals surface area contributed by atoms with Gasteiger partial charge >= 0.3 is 0 Å². The molecule has 3 aromatic rings. The van der Waals surface area contributed by atoms with E-state index in [9.17, 15) is 15.0 Å². The molecule has 0 saturated heterocycles. The minimum atomic E-state index is -1.27. The lowest BCUT2D eigenvalue weighted by Gasteiger charge is -2.32. The third-order valence-electron chi connectivity index (χ3n) is 5.89. The van der Waals surface area contributed by atoms with Crippen molar-refractivity contribution in [1.82, 2.24) is 4.98 Å². The lowest BCUT2D eigenvalue weighted by atomic mass is 9.71. The van der Waals surface area contributed by atoms with E-state index in [1.807, 2.05) is 32.9 Å². The molecule has 0 aliphatic heterocycles. The molecule has 0 saturated carbocycles. The smallest absolute Gasteiger partial charge is 0.195 e. The number of nitrogens with one attached hydrogen (secondary N) is 1. The third kappa shape index (κ3) is 3.20. The van der Waals surface area contributed by atoms with Crippen molar-refractivity contribution in [3.8, 4) is 5.75 Å². The van der Waals surface area contributed by atoms with E-state index in [1.165, 1.54) is 0 Å². The van der Waals surface area contributed by atoms with Crippen LogP contribution < -0.4 is 4.74 Å². The molecule has 0 spiro atoms. The summed E-state index contributed by atoms with van der Waals surface area (Å²) in [4.78, 5) is 16.8. The number of carbonyl (C=O) groups is 1. The summed E-state index contributed by atoms with van der Waals surface area (Å²) in [5, 5.41) is 29.7. The van der Waals surface area contributed by atoms with Crippen LogP contribution in [0.2, 0.25) is 5.02 Å². The van der Waals surface area contributed by atoms with E-state index in [0.29, 0.717) is 21.9 Å². The largest absolute Gasteiger partial charge is 0.491 e. The highest BCUT2D eigenvalue weighted by Crippen LogP contribution is 2.45. The van der Waals surface area contributed by atoms with Crippen molar-refractivity contribution in [2.24, 2.45) is 0 Å².